The average Bonchev–Trinajstić information content (AvgIpc) is 2.98. The molecule has 0 bridgehead atoms. The van der Waals surface area contributed by atoms with Crippen molar-refractivity contribution in [2.75, 3.05) is 32.4 Å². The van der Waals surface area contributed by atoms with Gasteiger partial charge in [0.25, 0.3) is 17.7 Å². The Labute approximate surface area is 174 Å². The highest BCUT2D eigenvalue weighted by Crippen LogP contribution is 2.24. The van der Waals surface area contributed by atoms with Gasteiger partial charge < -0.3 is 4.90 Å². The first kappa shape index (κ1) is 20.2. The fourth-order valence-corrected chi connectivity index (χ4v) is 4.60. The molecule has 0 aromatic heterocycles. The van der Waals surface area contributed by atoms with Crippen LogP contribution in [0.5, 0.6) is 0 Å². The van der Waals surface area contributed by atoms with E-state index < -0.39 is 10.0 Å². The van der Waals surface area contributed by atoms with E-state index in [-0.39, 0.29) is 37.4 Å². The number of nitrogens with zero attached hydrogens (tertiary/aromatic N) is 3. The van der Waals surface area contributed by atoms with Crippen molar-refractivity contribution in [1.82, 2.24) is 14.1 Å². The molecular formula is C21H21N3O5S. The first-order valence-electron chi connectivity index (χ1n) is 9.54. The predicted octanol–water partition coefficient (Wildman–Crippen LogP) is 1.20. The van der Waals surface area contributed by atoms with Gasteiger partial charge in [-0.2, -0.15) is 4.31 Å². The van der Waals surface area contributed by atoms with Gasteiger partial charge in [-0.05, 0) is 29.8 Å². The molecular weight excluding hydrogens is 406 g/mol. The number of benzene rings is 2. The summed E-state index contributed by atoms with van der Waals surface area (Å²) >= 11 is 0. The molecule has 3 amide bonds. The zero-order valence-corrected chi connectivity index (χ0v) is 17.3. The maximum Gasteiger partial charge on any atom is 0.261 e. The number of imide groups is 1. The van der Waals surface area contributed by atoms with Crippen LogP contribution in [-0.2, 0) is 16.6 Å². The van der Waals surface area contributed by atoms with Crippen molar-refractivity contribution >= 4 is 27.7 Å². The van der Waals surface area contributed by atoms with Gasteiger partial charge in [0.2, 0.25) is 10.0 Å². The summed E-state index contributed by atoms with van der Waals surface area (Å²) in [5.74, 6) is -0.888. The molecule has 2 aliphatic heterocycles. The van der Waals surface area contributed by atoms with E-state index in [2.05, 4.69) is 0 Å². The van der Waals surface area contributed by atoms with Gasteiger partial charge in [0, 0.05) is 31.7 Å². The zero-order valence-electron chi connectivity index (χ0n) is 16.4. The highest BCUT2D eigenvalue weighted by molar-refractivity contribution is 7.88. The van der Waals surface area contributed by atoms with Crippen LogP contribution in [0, 0.1) is 0 Å². The average molecular weight is 427 g/mol. The van der Waals surface area contributed by atoms with Gasteiger partial charge in [-0.25, -0.2) is 8.42 Å². The summed E-state index contributed by atoms with van der Waals surface area (Å²) in [5, 5.41) is 0. The molecule has 0 radical (unpaired) electrons. The van der Waals surface area contributed by atoms with Crippen LogP contribution >= 0.6 is 0 Å². The molecule has 1 saturated heterocycles. The molecule has 0 N–H and O–H groups in total. The lowest BCUT2D eigenvalue weighted by molar-refractivity contribution is 0.0642. The van der Waals surface area contributed by atoms with Gasteiger partial charge in [-0.3, -0.25) is 19.3 Å². The summed E-state index contributed by atoms with van der Waals surface area (Å²) in [4.78, 5) is 40.8. The van der Waals surface area contributed by atoms with Crippen LogP contribution in [0.25, 0.3) is 0 Å². The minimum absolute atomic E-state index is 0.0787. The molecule has 8 nitrogen and oxygen atoms in total. The van der Waals surface area contributed by atoms with Gasteiger partial charge in [0.05, 0.1) is 23.9 Å². The molecule has 0 unspecified atom stereocenters. The number of hydrogen-bond donors (Lipinski definition) is 0. The van der Waals surface area contributed by atoms with Gasteiger partial charge in [-0.15, -0.1) is 0 Å². The standard InChI is InChI=1S/C21H21N3O5S/c1-30(28,29)23-11-9-22(10-12-23)19(25)16-6-4-5-15(13-16)14-24-20(26)17-7-2-3-8-18(17)21(24)27/h2-8,13H,9-12,14H2,1H3. The van der Waals surface area contributed by atoms with E-state index in [4.69, 9.17) is 0 Å². The number of hydrogen-bond acceptors (Lipinski definition) is 5. The Morgan fingerprint density at radius 1 is 0.900 bits per heavy atom. The summed E-state index contributed by atoms with van der Waals surface area (Å²) in [7, 11) is -3.27. The van der Waals surface area contributed by atoms with E-state index in [0.29, 0.717) is 35.3 Å². The van der Waals surface area contributed by atoms with Gasteiger partial charge in [0.15, 0.2) is 0 Å². The summed E-state index contributed by atoms with van der Waals surface area (Å²) in [6.45, 7) is 1.23. The molecule has 0 aliphatic carbocycles. The third kappa shape index (κ3) is 3.73. The summed E-state index contributed by atoms with van der Waals surface area (Å²) < 4.78 is 24.6. The van der Waals surface area contributed by atoms with Crippen LogP contribution in [0.4, 0.5) is 0 Å². The molecule has 2 aromatic carbocycles. The molecule has 0 atom stereocenters. The van der Waals surface area contributed by atoms with Crippen molar-refractivity contribution in [1.29, 1.82) is 0 Å². The second kappa shape index (κ2) is 7.66. The highest BCUT2D eigenvalue weighted by Gasteiger charge is 2.35. The molecule has 0 spiro atoms. The fourth-order valence-electron chi connectivity index (χ4n) is 3.77. The van der Waals surface area contributed by atoms with Crippen LogP contribution in [0.15, 0.2) is 48.5 Å². The third-order valence-electron chi connectivity index (χ3n) is 5.39. The number of carbonyl (C=O) groups is 3. The van der Waals surface area contributed by atoms with Crippen LogP contribution in [0.2, 0.25) is 0 Å². The van der Waals surface area contributed by atoms with E-state index in [9.17, 15) is 22.8 Å². The van der Waals surface area contributed by atoms with Crippen molar-refractivity contribution in [3.63, 3.8) is 0 Å². The smallest absolute Gasteiger partial charge is 0.261 e. The molecule has 9 heteroatoms. The number of amides is 3. The van der Waals surface area contributed by atoms with Crippen molar-refractivity contribution in [3.05, 3.63) is 70.8 Å². The van der Waals surface area contributed by atoms with E-state index >= 15 is 0 Å². The van der Waals surface area contributed by atoms with Crippen molar-refractivity contribution < 1.29 is 22.8 Å². The molecule has 2 aliphatic rings. The topological polar surface area (TPSA) is 95.1 Å². The van der Waals surface area contributed by atoms with Gasteiger partial charge in [-0.1, -0.05) is 24.3 Å². The number of sulfonamides is 1. The summed E-state index contributed by atoms with van der Waals surface area (Å²) in [6.07, 6.45) is 1.16. The van der Waals surface area contributed by atoms with Crippen LogP contribution < -0.4 is 0 Å². The highest BCUT2D eigenvalue weighted by atomic mass is 32.2. The largest absolute Gasteiger partial charge is 0.336 e. The molecule has 1 fully saturated rings. The van der Waals surface area contributed by atoms with Crippen LogP contribution in [-0.4, -0.2) is 72.7 Å². The Bertz CT molecular complexity index is 1100. The first-order valence-corrected chi connectivity index (χ1v) is 11.4. The van der Waals surface area contributed by atoms with Crippen molar-refractivity contribution in [2.24, 2.45) is 0 Å². The Morgan fingerprint density at radius 2 is 1.50 bits per heavy atom. The number of fused-ring (bicyclic) bond motifs is 1. The molecule has 156 valence electrons. The van der Waals surface area contributed by atoms with Crippen LogP contribution in [0.1, 0.15) is 36.6 Å². The Kier molecular flexibility index (Phi) is 5.17. The van der Waals surface area contributed by atoms with E-state index in [1.165, 1.54) is 9.21 Å². The Hall–Kier alpha value is -3.04. The number of piperazine rings is 1. The lowest BCUT2D eigenvalue weighted by Gasteiger charge is -2.33. The lowest BCUT2D eigenvalue weighted by Crippen LogP contribution is -2.50. The maximum atomic E-state index is 12.9. The second-order valence-corrected chi connectivity index (χ2v) is 9.38. The summed E-state index contributed by atoms with van der Waals surface area (Å²) in [5.41, 5.74) is 1.89. The molecule has 2 heterocycles. The fraction of sp³-hybridized carbons (Fsp3) is 0.286. The van der Waals surface area contributed by atoms with Crippen LogP contribution in [0.3, 0.4) is 0 Å². The number of rotatable bonds is 4. The molecule has 4 rings (SSSR count). The second-order valence-electron chi connectivity index (χ2n) is 7.40. The van der Waals surface area contributed by atoms with E-state index in [1.807, 2.05) is 0 Å². The maximum absolute atomic E-state index is 12.9. The number of carbonyl (C=O) groups excluding carboxylic acids is 3. The van der Waals surface area contributed by atoms with E-state index in [0.717, 1.165) is 6.26 Å². The first-order chi connectivity index (χ1) is 14.3. The van der Waals surface area contributed by atoms with Crippen molar-refractivity contribution in [3.8, 4) is 0 Å². The Morgan fingerprint density at radius 3 is 2.07 bits per heavy atom. The predicted molar refractivity (Wildman–Crippen MR) is 109 cm³/mol. The zero-order chi connectivity index (χ0) is 21.5. The lowest BCUT2D eigenvalue weighted by atomic mass is 10.1. The van der Waals surface area contributed by atoms with Gasteiger partial charge in [0.1, 0.15) is 0 Å². The van der Waals surface area contributed by atoms with Crippen molar-refractivity contribution in [2.45, 2.75) is 6.54 Å². The van der Waals surface area contributed by atoms with E-state index in [1.54, 1.807) is 53.4 Å². The minimum Gasteiger partial charge on any atom is -0.336 e. The normalized spacial score (nSPS) is 17.4. The molecule has 2 aromatic rings. The SMILES string of the molecule is CS(=O)(=O)N1CCN(C(=O)c2cccc(CN3C(=O)c4ccccc4C3=O)c2)CC1. The monoisotopic (exact) mass is 427 g/mol. The quantitative estimate of drug-likeness (QED) is 0.684. The summed E-state index contributed by atoms with van der Waals surface area (Å²) in [6, 6.07) is 13.5. The minimum atomic E-state index is -3.27. The molecule has 30 heavy (non-hydrogen) atoms. The molecule has 0 saturated carbocycles. The van der Waals surface area contributed by atoms with Gasteiger partial charge >= 0.3 is 0 Å². The Balaban J connectivity index is 1.47. The third-order valence-corrected chi connectivity index (χ3v) is 6.69.